The number of para-hydroxylation sites is 1. The van der Waals surface area contributed by atoms with E-state index in [1.807, 2.05) is 42.6 Å². The van der Waals surface area contributed by atoms with Crippen LogP contribution < -0.4 is 5.32 Å². The Balaban J connectivity index is 1.79. The van der Waals surface area contributed by atoms with Crippen molar-refractivity contribution in [1.82, 2.24) is 15.2 Å². The van der Waals surface area contributed by atoms with Crippen LogP contribution in [0.15, 0.2) is 60.8 Å². The van der Waals surface area contributed by atoms with Gasteiger partial charge in [-0.1, -0.05) is 55.5 Å². The van der Waals surface area contributed by atoms with Crippen LogP contribution in [0, 0.1) is 5.92 Å². The molecular weight excluding hydrogens is 354 g/mol. The molecule has 0 radical (unpaired) electrons. The number of H-pyrrole nitrogens is 1. The Bertz CT molecular complexity index is 952. The van der Waals surface area contributed by atoms with Crippen molar-refractivity contribution >= 4 is 22.9 Å². The van der Waals surface area contributed by atoms with E-state index in [-0.39, 0.29) is 18.5 Å². The molecular formula is C22H25N3O3. The number of hydrogen-bond acceptors (Lipinski definition) is 2. The number of fused-ring (bicyclic) bond motifs is 1. The van der Waals surface area contributed by atoms with Crippen molar-refractivity contribution in [3.63, 3.8) is 0 Å². The predicted octanol–water partition coefficient (Wildman–Crippen LogP) is 3.66. The predicted molar refractivity (Wildman–Crippen MR) is 109 cm³/mol. The summed E-state index contributed by atoms with van der Waals surface area (Å²) in [5.41, 5.74) is 3.27. The highest BCUT2D eigenvalue weighted by atomic mass is 16.4. The topological polar surface area (TPSA) is 85.4 Å². The Morgan fingerprint density at radius 3 is 2.50 bits per heavy atom. The molecule has 146 valence electrons. The van der Waals surface area contributed by atoms with Gasteiger partial charge in [-0.3, -0.25) is 4.79 Å². The zero-order chi connectivity index (χ0) is 20.1. The molecule has 0 aliphatic carbocycles. The van der Waals surface area contributed by atoms with Crippen LogP contribution in [0.5, 0.6) is 0 Å². The molecule has 1 aromatic heterocycles. The van der Waals surface area contributed by atoms with Gasteiger partial charge >= 0.3 is 12.0 Å². The van der Waals surface area contributed by atoms with Crippen molar-refractivity contribution in [2.75, 3.05) is 20.1 Å². The number of aliphatic carboxylic acids is 1. The number of carbonyl (C=O) groups excluding carboxylic acids is 1. The van der Waals surface area contributed by atoms with E-state index in [1.54, 1.807) is 14.0 Å². The molecule has 1 heterocycles. The first-order valence-electron chi connectivity index (χ1n) is 9.30. The lowest BCUT2D eigenvalue weighted by molar-refractivity contribution is -0.141. The van der Waals surface area contributed by atoms with Crippen molar-refractivity contribution in [3.8, 4) is 0 Å². The molecule has 0 spiro atoms. The lowest BCUT2D eigenvalue weighted by atomic mass is 9.91. The van der Waals surface area contributed by atoms with Gasteiger partial charge in [-0.25, -0.2) is 4.79 Å². The molecule has 3 aromatic rings. The fourth-order valence-electron chi connectivity index (χ4n) is 3.37. The van der Waals surface area contributed by atoms with E-state index < -0.39 is 11.9 Å². The minimum Gasteiger partial charge on any atom is -0.481 e. The van der Waals surface area contributed by atoms with Crippen molar-refractivity contribution in [3.05, 3.63) is 71.9 Å². The third-order valence-electron chi connectivity index (χ3n) is 4.97. The molecule has 0 aliphatic heterocycles. The summed E-state index contributed by atoms with van der Waals surface area (Å²) < 4.78 is 0. The van der Waals surface area contributed by atoms with Crippen LogP contribution in [-0.4, -0.2) is 47.1 Å². The molecule has 2 amide bonds. The summed E-state index contributed by atoms with van der Waals surface area (Å²) in [6.07, 6.45) is 1.99. The highest BCUT2D eigenvalue weighted by Gasteiger charge is 2.21. The van der Waals surface area contributed by atoms with Gasteiger partial charge < -0.3 is 20.3 Å². The van der Waals surface area contributed by atoms with Crippen molar-refractivity contribution in [2.24, 2.45) is 5.92 Å². The Morgan fingerprint density at radius 1 is 1.11 bits per heavy atom. The fourth-order valence-corrected chi connectivity index (χ4v) is 3.37. The maximum Gasteiger partial charge on any atom is 0.317 e. The number of carboxylic acid groups (broad SMARTS) is 1. The molecule has 0 saturated carbocycles. The molecule has 2 atom stereocenters. The molecule has 3 rings (SSSR count). The van der Waals surface area contributed by atoms with Gasteiger partial charge in [0, 0.05) is 43.2 Å². The zero-order valence-electron chi connectivity index (χ0n) is 16.1. The second-order valence-corrected chi connectivity index (χ2v) is 7.06. The van der Waals surface area contributed by atoms with Crippen LogP contribution in [0.2, 0.25) is 0 Å². The van der Waals surface area contributed by atoms with Gasteiger partial charge in [-0.15, -0.1) is 0 Å². The van der Waals surface area contributed by atoms with Gasteiger partial charge in [0.2, 0.25) is 0 Å². The number of nitrogens with one attached hydrogen (secondary N) is 2. The normalized spacial score (nSPS) is 13.1. The van der Waals surface area contributed by atoms with E-state index in [1.165, 1.54) is 4.90 Å². The molecule has 3 N–H and O–H groups in total. The maximum atomic E-state index is 12.5. The summed E-state index contributed by atoms with van der Waals surface area (Å²) in [6.45, 7) is 2.16. The number of aromatic nitrogens is 1. The van der Waals surface area contributed by atoms with E-state index in [0.717, 1.165) is 22.0 Å². The molecule has 6 nitrogen and oxygen atoms in total. The highest BCUT2D eigenvalue weighted by molar-refractivity contribution is 5.84. The summed E-state index contributed by atoms with van der Waals surface area (Å²) >= 11 is 0. The molecule has 2 unspecified atom stereocenters. The molecule has 0 bridgehead atoms. The zero-order valence-corrected chi connectivity index (χ0v) is 16.1. The number of urea groups is 1. The van der Waals surface area contributed by atoms with E-state index in [4.69, 9.17) is 5.11 Å². The number of hydrogen-bond donors (Lipinski definition) is 3. The average Bonchev–Trinajstić information content (AvgIpc) is 3.12. The largest absolute Gasteiger partial charge is 0.481 e. The summed E-state index contributed by atoms with van der Waals surface area (Å²) in [7, 11) is 1.61. The average molecular weight is 379 g/mol. The van der Waals surface area contributed by atoms with Crippen molar-refractivity contribution in [2.45, 2.75) is 12.8 Å². The number of carboxylic acids is 1. The Morgan fingerprint density at radius 2 is 1.79 bits per heavy atom. The molecule has 2 aromatic carbocycles. The second-order valence-electron chi connectivity index (χ2n) is 7.06. The van der Waals surface area contributed by atoms with E-state index in [2.05, 4.69) is 28.5 Å². The van der Waals surface area contributed by atoms with Gasteiger partial charge in [0.1, 0.15) is 0 Å². The summed E-state index contributed by atoms with van der Waals surface area (Å²) in [5, 5.41) is 13.1. The number of rotatable bonds is 7. The van der Waals surface area contributed by atoms with Gasteiger partial charge in [-0.05, 0) is 17.2 Å². The first-order chi connectivity index (χ1) is 13.5. The third-order valence-corrected chi connectivity index (χ3v) is 4.97. The van der Waals surface area contributed by atoms with Crippen LogP contribution in [0.3, 0.4) is 0 Å². The van der Waals surface area contributed by atoms with Gasteiger partial charge in [0.15, 0.2) is 0 Å². The summed E-state index contributed by atoms with van der Waals surface area (Å²) in [4.78, 5) is 28.2. The van der Waals surface area contributed by atoms with Crippen molar-refractivity contribution in [1.29, 1.82) is 0 Å². The number of carbonyl (C=O) groups is 2. The summed E-state index contributed by atoms with van der Waals surface area (Å²) in [5.74, 6) is -1.55. The van der Waals surface area contributed by atoms with E-state index in [0.29, 0.717) is 6.54 Å². The van der Waals surface area contributed by atoms with Gasteiger partial charge in [-0.2, -0.15) is 0 Å². The van der Waals surface area contributed by atoms with Crippen LogP contribution in [0.4, 0.5) is 4.79 Å². The summed E-state index contributed by atoms with van der Waals surface area (Å²) in [6, 6.07) is 17.8. The smallest absolute Gasteiger partial charge is 0.317 e. The molecule has 0 fully saturated rings. The third kappa shape index (κ3) is 4.34. The number of aromatic amines is 1. The Hall–Kier alpha value is -3.28. The molecule has 28 heavy (non-hydrogen) atoms. The minimum absolute atomic E-state index is 0.0217. The van der Waals surface area contributed by atoms with Gasteiger partial charge in [0.25, 0.3) is 0 Å². The SMILES string of the molecule is CC(CN(C)C(=O)NCC(c1ccccc1)c1c[nH]c2ccccc12)C(=O)O. The maximum absolute atomic E-state index is 12.5. The van der Waals surface area contributed by atoms with Crippen LogP contribution >= 0.6 is 0 Å². The van der Waals surface area contributed by atoms with Crippen LogP contribution in [-0.2, 0) is 4.79 Å². The minimum atomic E-state index is -0.916. The molecule has 0 aliphatic rings. The lowest BCUT2D eigenvalue weighted by Gasteiger charge is -2.23. The Kier molecular flexibility index (Phi) is 5.99. The van der Waals surface area contributed by atoms with Crippen LogP contribution in [0.1, 0.15) is 24.0 Å². The lowest BCUT2D eigenvalue weighted by Crippen LogP contribution is -2.42. The molecule has 6 heteroatoms. The standard InChI is InChI=1S/C22H25N3O3/c1-15(21(26)27)14-25(2)22(28)24-12-18(16-8-4-3-5-9-16)19-13-23-20-11-7-6-10-17(19)20/h3-11,13,15,18,23H,12,14H2,1-2H3,(H,24,28)(H,26,27). The van der Waals surface area contributed by atoms with Crippen molar-refractivity contribution < 1.29 is 14.7 Å². The fraction of sp³-hybridized carbons (Fsp3) is 0.273. The Labute approximate surface area is 164 Å². The first kappa shape index (κ1) is 19.5. The first-order valence-corrected chi connectivity index (χ1v) is 9.30. The highest BCUT2D eigenvalue weighted by Crippen LogP contribution is 2.30. The number of amides is 2. The monoisotopic (exact) mass is 379 g/mol. The van der Waals surface area contributed by atoms with E-state index in [9.17, 15) is 9.59 Å². The molecule has 0 saturated heterocycles. The van der Waals surface area contributed by atoms with E-state index >= 15 is 0 Å². The number of benzene rings is 2. The quantitative estimate of drug-likeness (QED) is 0.586. The second kappa shape index (κ2) is 8.61. The van der Waals surface area contributed by atoms with Crippen LogP contribution in [0.25, 0.3) is 10.9 Å². The van der Waals surface area contributed by atoms with Gasteiger partial charge in [0.05, 0.1) is 5.92 Å². The number of nitrogens with zero attached hydrogens (tertiary/aromatic N) is 1.